The summed E-state index contributed by atoms with van der Waals surface area (Å²) in [6.45, 7) is 7.50. The summed E-state index contributed by atoms with van der Waals surface area (Å²) in [5.41, 5.74) is 0.675. The Bertz CT molecular complexity index is 613. The molecule has 2 N–H and O–H groups in total. The number of aliphatic imine (C=N–C) groups is 1. The Morgan fingerprint density at radius 2 is 2.19 bits per heavy atom. The summed E-state index contributed by atoms with van der Waals surface area (Å²) in [4.78, 5) is 4.72. The quantitative estimate of drug-likeness (QED) is 0.374. The molecule has 1 saturated carbocycles. The predicted octanol–water partition coefficient (Wildman–Crippen LogP) is 2.86. The highest BCUT2D eigenvalue weighted by atomic mass is 19.1. The number of halogens is 1. The molecule has 1 unspecified atom stereocenters. The van der Waals surface area contributed by atoms with Crippen LogP contribution in [0.4, 0.5) is 4.39 Å². The van der Waals surface area contributed by atoms with Crippen LogP contribution in [0.5, 0.6) is 0 Å². The van der Waals surface area contributed by atoms with E-state index in [1.165, 1.54) is 0 Å². The molecule has 1 aromatic carbocycles. The molecular formula is C21H32FN3O2. The number of hydrogen-bond donors (Lipinski definition) is 2. The molecule has 0 amide bonds. The van der Waals surface area contributed by atoms with Crippen LogP contribution in [0.15, 0.2) is 29.3 Å². The van der Waals surface area contributed by atoms with Crippen LogP contribution in [0.25, 0.3) is 0 Å². The minimum Gasteiger partial charge on any atom is -0.381 e. The summed E-state index contributed by atoms with van der Waals surface area (Å²) < 4.78 is 25.2. The van der Waals surface area contributed by atoms with Crippen LogP contribution >= 0.6 is 0 Å². The fraction of sp³-hybridized carbons (Fsp3) is 0.667. The minimum atomic E-state index is -0.125. The molecular weight excluding hydrogens is 345 g/mol. The molecule has 6 heteroatoms. The lowest BCUT2D eigenvalue weighted by molar-refractivity contribution is 0.0888. The maximum Gasteiger partial charge on any atom is 0.191 e. The molecule has 1 saturated heterocycles. The number of benzene rings is 1. The van der Waals surface area contributed by atoms with Gasteiger partial charge >= 0.3 is 0 Å². The van der Waals surface area contributed by atoms with Gasteiger partial charge < -0.3 is 20.1 Å². The lowest BCUT2D eigenvalue weighted by atomic mass is 9.95. The molecule has 5 nitrogen and oxygen atoms in total. The molecule has 3 rings (SSSR count). The van der Waals surface area contributed by atoms with Crippen molar-refractivity contribution in [2.45, 2.75) is 38.0 Å². The van der Waals surface area contributed by atoms with Crippen molar-refractivity contribution in [1.82, 2.24) is 10.6 Å². The Labute approximate surface area is 161 Å². The first kappa shape index (κ1) is 20.1. The van der Waals surface area contributed by atoms with Gasteiger partial charge in [0, 0.05) is 37.6 Å². The van der Waals surface area contributed by atoms with Gasteiger partial charge in [0.2, 0.25) is 0 Å². The molecule has 150 valence electrons. The summed E-state index contributed by atoms with van der Waals surface area (Å²) >= 11 is 0. The summed E-state index contributed by atoms with van der Waals surface area (Å²) in [6.07, 6.45) is 4.03. The van der Waals surface area contributed by atoms with Gasteiger partial charge in [-0.3, -0.25) is 4.99 Å². The zero-order chi connectivity index (χ0) is 19.0. The van der Waals surface area contributed by atoms with Gasteiger partial charge in [-0.2, -0.15) is 0 Å². The van der Waals surface area contributed by atoms with Crippen molar-refractivity contribution in [3.8, 4) is 0 Å². The molecule has 0 spiro atoms. The molecule has 27 heavy (non-hydrogen) atoms. The fourth-order valence-corrected chi connectivity index (χ4v) is 3.47. The highest BCUT2D eigenvalue weighted by Crippen LogP contribution is 2.49. The Hall–Kier alpha value is -1.66. The summed E-state index contributed by atoms with van der Waals surface area (Å²) in [6, 6.07) is 7.08. The van der Waals surface area contributed by atoms with Crippen molar-refractivity contribution in [1.29, 1.82) is 0 Å². The van der Waals surface area contributed by atoms with Gasteiger partial charge in [0.15, 0.2) is 5.96 Å². The maximum absolute atomic E-state index is 14.1. The third-order valence-corrected chi connectivity index (χ3v) is 5.32. The van der Waals surface area contributed by atoms with Crippen molar-refractivity contribution < 1.29 is 13.9 Å². The Kier molecular flexibility index (Phi) is 7.47. The molecule has 2 aliphatic rings. The van der Waals surface area contributed by atoms with E-state index >= 15 is 0 Å². The Morgan fingerprint density at radius 3 is 2.89 bits per heavy atom. The van der Waals surface area contributed by atoms with Gasteiger partial charge in [0.1, 0.15) is 5.82 Å². The molecule has 0 aromatic heterocycles. The Morgan fingerprint density at radius 1 is 1.33 bits per heavy atom. The zero-order valence-electron chi connectivity index (χ0n) is 16.3. The van der Waals surface area contributed by atoms with Gasteiger partial charge in [0.25, 0.3) is 0 Å². The number of nitrogens with one attached hydrogen (secondary N) is 2. The molecule has 0 radical (unpaired) electrons. The molecule has 1 aromatic rings. The molecule has 2 fully saturated rings. The summed E-state index contributed by atoms with van der Waals surface area (Å²) in [5, 5.41) is 6.63. The van der Waals surface area contributed by atoms with Gasteiger partial charge in [-0.15, -0.1) is 0 Å². The van der Waals surface area contributed by atoms with Gasteiger partial charge in [0.05, 0.1) is 19.8 Å². The van der Waals surface area contributed by atoms with Crippen LogP contribution in [-0.2, 0) is 14.9 Å². The first-order valence-electron chi connectivity index (χ1n) is 10.2. The van der Waals surface area contributed by atoms with E-state index in [0.29, 0.717) is 12.5 Å². The maximum atomic E-state index is 14.1. The largest absolute Gasteiger partial charge is 0.381 e. The van der Waals surface area contributed by atoms with E-state index in [2.05, 4.69) is 10.6 Å². The van der Waals surface area contributed by atoms with Crippen LogP contribution in [0.2, 0.25) is 0 Å². The fourth-order valence-electron chi connectivity index (χ4n) is 3.47. The number of nitrogens with zero attached hydrogens (tertiary/aromatic N) is 1. The van der Waals surface area contributed by atoms with E-state index in [-0.39, 0.29) is 11.2 Å². The third-order valence-electron chi connectivity index (χ3n) is 5.32. The van der Waals surface area contributed by atoms with Crippen molar-refractivity contribution in [2.75, 3.05) is 46.1 Å². The van der Waals surface area contributed by atoms with E-state index in [1.807, 2.05) is 19.1 Å². The van der Waals surface area contributed by atoms with Crippen LogP contribution in [0.1, 0.15) is 38.2 Å². The lowest BCUT2D eigenvalue weighted by Gasteiger charge is -2.16. The molecule has 1 aliphatic carbocycles. The van der Waals surface area contributed by atoms with E-state index in [0.717, 1.165) is 76.7 Å². The second kappa shape index (κ2) is 10.0. The minimum absolute atomic E-state index is 0.118. The van der Waals surface area contributed by atoms with Gasteiger partial charge in [-0.1, -0.05) is 18.2 Å². The van der Waals surface area contributed by atoms with Crippen LogP contribution < -0.4 is 10.6 Å². The SMILES string of the molecule is CCNC(=NCC1(c2ccccc2F)CC1)NCCCOCC1CCOC1. The smallest absolute Gasteiger partial charge is 0.191 e. The van der Waals surface area contributed by atoms with E-state index < -0.39 is 0 Å². The van der Waals surface area contributed by atoms with Crippen molar-refractivity contribution >= 4 is 5.96 Å². The van der Waals surface area contributed by atoms with E-state index in [9.17, 15) is 4.39 Å². The molecule has 1 atom stereocenters. The molecule has 0 bridgehead atoms. The normalized spacial score (nSPS) is 21.3. The number of guanidine groups is 1. The number of rotatable bonds is 10. The van der Waals surface area contributed by atoms with Crippen molar-refractivity contribution in [3.63, 3.8) is 0 Å². The van der Waals surface area contributed by atoms with Crippen molar-refractivity contribution in [3.05, 3.63) is 35.6 Å². The van der Waals surface area contributed by atoms with Crippen LogP contribution in [-0.4, -0.2) is 52.0 Å². The monoisotopic (exact) mass is 377 g/mol. The summed E-state index contributed by atoms with van der Waals surface area (Å²) in [5.74, 6) is 1.24. The lowest BCUT2D eigenvalue weighted by Crippen LogP contribution is -2.38. The van der Waals surface area contributed by atoms with Crippen molar-refractivity contribution in [2.24, 2.45) is 10.9 Å². The van der Waals surface area contributed by atoms with E-state index in [1.54, 1.807) is 12.1 Å². The zero-order valence-corrected chi connectivity index (χ0v) is 16.3. The van der Waals surface area contributed by atoms with Crippen LogP contribution in [0.3, 0.4) is 0 Å². The average Bonchev–Trinajstić information content (AvgIpc) is 3.28. The summed E-state index contributed by atoms with van der Waals surface area (Å²) in [7, 11) is 0. The standard InChI is InChI=1S/C21H32FN3O2/c1-2-23-20(24-11-5-12-26-14-17-8-13-27-15-17)25-16-21(9-10-21)18-6-3-4-7-19(18)22/h3-4,6-7,17H,2,5,8-16H2,1H3,(H2,23,24,25). The van der Waals surface area contributed by atoms with Crippen LogP contribution in [0, 0.1) is 11.7 Å². The average molecular weight is 378 g/mol. The molecule has 1 aliphatic heterocycles. The van der Waals surface area contributed by atoms with Gasteiger partial charge in [-0.05, 0) is 44.2 Å². The number of ether oxygens (including phenoxy) is 2. The Balaban J connectivity index is 1.41. The van der Waals surface area contributed by atoms with Gasteiger partial charge in [-0.25, -0.2) is 4.39 Å². The first-order valence-corrected chi connectivity index (χ1v) is 10.2. The second-order valence-electron chi connectivity index (χ2n) is 7.54. The second-order valence-corrected chi connectivity index (χ2v) is 7.54. The van der Waals surface area contributed by atoms with E-state index in [4.69, 9.17) is 14.5 Å². The first-order chi connectivity index (χ1) is 13.2. The number of hydrogen-bond acceptors (Lipinski definition) is 3. The predicted molar refractivity (Wildman–Crippen MR) is 106 cm³/mol. The topological polar surface area (TPSA) is 54.9 Å². The third kappa shape index (κ3) is 5.91. The molecule has 1 heterocycles. The highest BCUT2D eigenvalue weighted by molar-refractivity contribution is 5.79. The highest BCUT2D eigenvalue weighted by Gasteiger charge is 2.45.